The predicted molar refractivity (Wildman–Crippen MR) is 88.9 cm³/mol. The molecule has 0 aliphatic heterocycles. The summed E-state index contributed by atoms with van der Waals surface area (Å²) in [4.78, 5) is 23.0. The molecule has 1 heterocycles. The van der Waals surface area contributed by atoms with E-state index in [9.17, 15) is 9.59 Å². The first-order valence-corrected chi connectivity index (χ1v) is 7.96. The van der Waals surface area contributed by atoms with Gasteiger partial charge in [-0.2, -0.15) is 0 Å². The monoisotopic (exact) mass is 330 g/mol. The molecule has 1 atom stereocenters. The van der Waals surface area contributed by atoms with Gasteiger partial charge in [0.05, 0.1) is 17.3 Å². The molecule has 1 aromatic carbocycles. The maximum Gasteiger partial charge on any atom is 0.335 e. The van der Waals surface area contributed by atoms with Crippen LogP contribution in [0.5, 0.6) is 0 Å². The molecular weight excluding hydrogens is 308 g/mol. The molecular formula is C18H22N2O4. The van der Waals surface area contributed by atoms with Gasteiger partial charge in [-0.3, -0.25) is 4.79 Å². The van der Waals surface area contributed by atoms with Gasteiger partial charge in [-0.25, -0.2) is 4.79 Å². The van der Waals surface area contributed by atoms with E-state index in [1.54, 1.807) is 24.3 Å². The van der Waals surface area contributed by atoms with E-state index in [-0.39, 0.29) is 17.5 Å². The molecule has 6 nitrogen and oxygen atoms in total. The standard InChI is InChI=1S/C18H22N2O4/c1-4-15(17-11(2)20-24-12(17)3)19-16(21)10-7-13-5-8-14(9-6-13)18(22)23/h5-6,8-9,15H,4,7,10H2,1-3H3,(H,19,21)(H,22,23). The number of rotatable bonds is 7. The highest BCUT2D eigenvalue weighted by atomic mass is 16.5. The Morgan fingerprint density at radius 3 is 2.42 bits per heavy atom. The number of aryl methyl sites for hydroxylation is 3. The average molecular weight is 330 g/mol. The van der Waals surface area contributed by atoms with Gasteiger partial charge in [0.15, 0.2) is 0 Å². The number of amides is 1. The van der Waals surface area contributed by atoms with Gasteiger partial charge in [0.1, 0.15) is 5.76 Å². The second-order valence-electron chi connectivity index (χ2n) is 5.77. The van der Waals surface area contributed by atoms with Crippen molar-refractivity contribution in [3.63, 3.8) is 0 Å². The van der Waals surface area contributed by atoms with Gasteiger partial charge in [0.2, 0.25) is 5.91 Å². The number of hydrogen-bond acceptors (Lipinski definition) is 4. The summed E-state index contributed by atoms with van der Waals surface area (Å²) in [6, 6.07) is 6.46. The topological polar surface area (TPSA) is 92.4 Å². The van der Waals surface area contributed by atoms with E-state index in [0.29, 0.717) is 12.8 Å². The zero-order chi connectivity index (χ0) is 17.7. The molecule has 0 saturated heterocycles. The molecule has 0 aliphatic rings. The second kappa shape index (κ2) is 7.77. The lowest BCUT2D eigenvalue weighted by Gasteiger charge is -2.17. The van der Waals surface area contributed by atoms with E-state index in [2.05, 4.69) is 10.5 Å². The second-order valence-corrected chi connectivity index (χ2v) is 5.77. The molecule has 0 radical (unpaired) electrons. The molecule has 1 aromatic heterocycles. The number of benzene rings is 1. The molecule has 2 N–H and O–H groups in total. The van der Waals surface area contributed by atoms with Crippen LogP contribution >= 0.6 is 0 Å². The minimum atomic E-state index is -0.954. The number of aromatic nitrogens is 1. The van der Waals surface area contributed by atoms with Crippen LogP contribution in [0.15, 0.2) is 28.8 Å². The van der Waals surface area contributed by atoms with Crippen molar-refractivity contribution in [1.82, 2.24) is 10.5 Å². The van der Waals surface area contributed by atoms with Crippen LogP contribution in [0.2, 0.25) is 0 Å². The first-order chi connectivity index (χ1) is 11.4. The fourth-order valence-electron chi connectivity index (χ4n) is 2.70. The normalized spacial score (nSPS) is 12.0. The Kier molecular flexibility index (Phi) is 5.73. The zero-order valence-electron chi connectivity index (χ0n) is 14.1. The fourth-order valence-corrected chi connectivity index (χ4v) is 2.70. The average Bonchev–Trinajstić information content (AvgIpc) is 2.90. The Morgan fingerprint density at radius 1 is 1.25 bits per heavy atom. The molecule has 24 heavy (non-hydrogen) atoms. The molecule has 2 aromatic rings. The van der Waals surface area contributed by atoms with E-state index in [1.165, 1.54) is 0 Å². The summed E-state index contributed by atoms with van der Waals surface area (Å²) in [7, 11) is 0. The van der Waals surface area contributed by atoms with E-state index in [4.69, 9.17) is 9.63 Å². The summed E-state index contributed by atoms with van der Waals surface area (Å²) >= 11 is 0. The molecule has 0 bridgehead atoms. The van der Waals surface area contributed by atoms with Crippen LogP contribution in [0.4, 0.5) is 0 Å². The molecule has 1 amide bonds. The van der Waals surface area contributed by atoms with Crippen molar-refractivity contribution in [2.45, 2.75) is 46.1 Å². The Labute approximate surface area is 140 Å². The summed E-state index contributed by atoms with van der Waals surface area (Å²) in [5, 5.41) is 15.8. The van der Waals surface area contributed by atoms with Crippen LogP contribution in [0.1, 0.15) is 58.7 Å². The summed E-state index contributed by atoms with van der Waals surface area (Å²) in [6.07, 6.45) is 1.65. The highest BCUT2D eigenvalue weighted by Crippen LogP contribution is 2.24. The van der Waals surface area contributed by atoms with Crippen LogP contribution < -0.4 is 5.32 Å². The van der Waals surface area contributed by atoms with E-state index in [1.807, 2.05) is 20.8 Å². The number of nitrogens with one attached hydrogen (secondary N) is 1. The SMILES string of the molecule is CCC(NC(=O)CCc1ccc(C(=O)O)cc1)c1c(C)noc1C. The van der Waals surface area contributed by atoms with Crippen LogP contribution in [-0.4, -0.2) is 22.1 Å². The largest absolute Gasteiger partial charge is 0.478 e. The lowest BCUT2D eigenvalue weighted by molar-refractivity contribution is -0.121. The summed E-state index contributed by atoms with van der Waals surface area (Å²) in [5.74, 6) is -0.280. The molecule has 0 saturated carbocycles. The number of hydrogen-bond donors (Lipinski definition) is 2. The number of carbonyl (C=O) groups excluding carboxylic acids is 1. The molecule has 0 aliphatic carbocycles. The third-order valence-corrected chi connectivity index (χ3v) is 4.02. The highest BCUT2D eigenvalue weighted by molar-refractivity contribution is 5.87. The molecule has 6 heteroatoms. The van der Waals surface area contributed by atoms with Gasteiger partial charge in [-0.15, -0.1) is 0 Å². The first-order valence-electron chi connectivity index (χ1n) is 7.96. The Bertz CT molecular complexity index is 700. The van der Waals surface area contributed by atoms with Gasteiger partial charge in [0.25, 0.3) is 0 Å². The van der Waals surface area contributed by atoms with E-state index < -0.39 is 5.97 Å². The van der Waals surface area contributed by atoms with Gasteiger partial charge in [-0.1, -0.05) is 24.2 Å². The number of carboxylic acid groups (broad SMARTS) is 1. The first kappa shape index (κ1) is 17.7. The van der Waals surface area contributed by atoms with Crippen molar-refractivity contribution in [3.05, 3.63) is 52.4 Å². The molecule has 2 rings (SSSR count). The maximum atomic E-state index is 12.2. The van der Waals surface area contributed by atoms with E-state index in [0.717, 1.165) is 29.0 Å². The lowest BCUT2D eigenvalue weighted by Crippen LogP contribution is -2.29. The maximum absolute atomic E-state index is 12.2. The van der Waals surface area contributed by atoms with Crippen molar-refractivity contribution in [2.75, 3.05) is 0 Å². The Morgan fingerprint density at radius 2 is 1.92 bits per heavy atom. The van der Waals surface area contributed by atoms with E-state index >= 15 is 0 Å². The quantitative estimate of drug-likeness (QED) is 0.813. The van der Waals surface area contributed by atoms with Crippen LogP contribution in [-0.2, 0) is 11.2 Å². The molecule has 128 valence electrons. The minimum Gasteiger partial charge on any atom is -0.478 e. The third-order valence-electron chi connectivity index (χ3n) is 4.02. The van der Waals surface area contributed by atoms with Crippen molar-refractivity contribution >= 4 is 11.9 Å². The van der Waals surface area contributed by atoms with Crippen LogP contribution in [0.3, 0.4) is 0 Å². The number of aromatic carboxylic acids is 1. The molecule has 0 spiro atoms. The smallest absolute Gasteiger partial charge is 0.335 e. The highest BCUT2D eigenvalue weighted by Gasteiger charge is 2.20. The zero-order valence-corrected chi connectivity index (χ0v) is 14.1. The van der Waals surface area contributed by atoms with Crippen LogP contribution in [0, 0.1) is 13.8 Å². The summed E-state index contributed by atoms with van der Waals surface area (Å²) in [5.41, 5.74) is 2.91. The predicted octanol–water partition coefficient (Wildman–Crippen LogP) is 3.19. The number of carboxylic acids is 1. The Balaban J connectivity index is 1.93. The summed E-state index contributed by atoms with van der Waals surface area (Å²) < 4.78 is 5.17. The van der Waals surface area contributed by atoms with Crippen LogP contribution in [0.25, 0.3) is 0 Å². The molecule has 1 unspecified atom stereocenters. The number of nitrogens with zero attached hydrogens (tertiary/aromatic N) is 1. The summed E-state index contributed by atoms with van der Waals surface area (Å²) in [6.45, 7) is 5.71. The lowest BCUT2D eigenvalue weighted by atomic mass is 10.0. The van der Waals surface area contributed by atoms with Crippen molar-refractivity contribution in [1.29, 1.82) is 0 Å². The number of carbonyl (C=O) groups is 2. The Hall–Kier alpha value is -2.63. The van der Waals surface area contributed by atoms with Crippen molar-refractivity contribution in [2.24, 2.45) is 0 Å². The van der Waals surface area contributed by atoms with Gasteiger partial charge in [0, 0.05) is 12.0 Å². The van der Waals surface area contributed by atoms with Crippen molar-refractivity contribution in [3.8, 4) is 0 Å². The minimum absolute atomic E-state index is 0.0517. The van der Waals surface area contributed by atoms with Gasteiger partial charge < -0.3 is 14.9 Å². The molecule has 0 fully saturated rings. The fraction of sp³-hybridized carbons (Fsp3) is 0.389. The van der Waals surface area contributed by atoms with Gasteiger partial charge in [-0.05, 0) is 44.4 Å². The third kappa shape index (κ3) is 4.22. The van der Waals surface area contributed by atoms with Gasteiger partial charge >= 0.3 is 5.97 Å². The van der Waals surface area contributed by atoms with Crippen molar-refractivity contribution < 1.29 is 19.2 Å².